The minimum Gasteiger partial charge on any atom is -0.484 e. The van der Waals surface area contributed by atoms with Crippen LogP contribution < -0.4 is 15.4 Å². The highest BCUT2D eigenvalue weighted by Gasteiger charge is 2.22. The average molecular weight is 321 g/mol. The van der Waals surface area contributed by atoms with Crippen LogP contribution in [-0.4, -0.2) is 62.7 Å². The van der Waals surface area contributed by atoms with E-state index in [0.717, 1.165) is 5.69 Å². The van der Waals surface area contributed by atoms with Gasteiger partial charge in [0.25, 0.3) is 5.91 Å². The van der Waals surface area contributed by atoms with Gasteiger partial charge >= 0.3 is 0 Å². The van der Waals surface area contributed by atoms with E-state index < -0.39 is 0 Å². The van der Waals surface area contributed by atoms with E-state index in [9.17, 15) is 9.59 Å². The number of anilines is 1. The summed E-state index contributed by atoms with van der Waals surface area (Å²) in [5.74, 6) is 0.425. The molecule has 1 aliphatic heterocycles. The maximum atomic E-state index is 12.4. The number of rotatable bonds is 6. The molecule has 0 aliphatic carbocycles. The average Bonchev–Trinajstić information content (AvgIpc) is 2.60. The molecule has 126 valence electrons. The fourth-order valence-electron chi connectivity index (χ4n) is 2.27. The van der Waals surface area contributed by atoms with Crippen LogP contribution in [0.2, 0.25) is 0 Å². The van der Waals surface area contributed by atoms with E-state index in [1.807, 2.05) is 19.1 Å². The zero-order chi connectivity index (χ0) is 16.7. The Morgan fingerprint density at radius 3 is 2.78 bits per heavy atom. The molecule has 23 heavy (non-hydrogen) atoms. The van der Waals surface area contributed by atoms with Crippen LogP contribution in [0.1, 0.15) is 6.92 Å². The van der Waals surface area contributed by atoms with E-state index in [-0.39, 0.29) is 24.5 Å². The van der Waals surface area contributed by atoms with Crippen LogP contribution in [0.3, 0.4) is 0 Å². The van der Waals surface area contributed by atoms with Crippen LogP contribution in [0.5, 0.6) is 5.75 Å². The topological polar surface area (TPSA) is 79.9 Å². The van der Waals surface area contributed by atoms with E-state index >= 15 is 0 Å². The van der Waals surface area contributed by atoms with Gasteiger partial charge in [-0.2, -0.15) is 0 Å². The summed E-state index contributed by atoms with van der Waals surface area (Å²) in [6, 6.07) is 6.86. The molecule has 7 nitrogen and oxygen atoms in total. The smallest absolute Gasteiger partial charge is 0.257 e. The zero-order valence-corrected chi connectivity index (χ0v) is 13.5. The first-order valence-corrected chi connectivity index (χ1v) is 7.66. The molecule has 1 atom stereocenters. The first kappa shape index (κ1) is 17.1. The largest absolute Gasteiger partial charge is 0.484 e. The summed E-state index contributed by atoms with van der Waals surface area (Å²) >= 11 is 0. The molecule has 1 aromatic carbocycles. The fourth-order valence-corrected chi connectivity index (χ4v) is 2.27. The van der Waals surface area contributed by atoms with Crippen molar-refractivity contribution in [2.24, 2.45) is 0 Å². The number of benzene rings is 1. The molecular weight excluding hydrogens is 298 g/mol. The van der Waals surface area contributed by atoms with Crippen LogP contribution in [0.25, 0.3) is 0 Å². The second-order valence-electron chi connectivity index (χ2n) is 5.29. The lowest BCUT2D eigenvalue weighted by Gasteiger charge is -2.29. The first-order valence-electron chi connectivity index (χ1n) is 7.66. The van der Waals surface area contributed by atoms with E-state index in [1.165, 1.54) is 0 Å². The standard InChI is InChI=1S/C16H23N3O4/c1-12(16(21)19-6-8-22-9-7-19)18-13-4-3-5-14(10-13)23-11-15(20)17-2/h3-5,10,12,18H,6-9,11H2,1-2H3,(H,17,20)/t12-/m1/s1. The van der Waals surface area contributed by atoms with Crippen molar-refractivity contribution in [3.8, 4) is 5.75 Å². The van der Waals surface area contributed by atoms with Gasteiger partial charge in [-0.3, -0.25) is 9.59 Å². The Bertz CT molecular complexity index is 544. The van der Waals surface area contributed by atoms with E-state index in [1.54, 1.807) is 24.1 Å². The summed E-state index contributed by atoms with van der Waals surface area (Å²) < 4.78 is 10.6. The van der Waals surface area contributed by atoms with Crippen LogP contribution >= 0.6 is 0 Å². The van der Waals surface area contributed by atoms with Crippen LogP contribution in [-0.2, 0) is 14.3 Å². The Labute approximate surface area is 135 Å². The van der Waals surface area contributed by atoms with Gasteiger partial charge in [-0.1, -0.05) is 6.07 Å². The van der Waals surface area contributed by atoms with Gasteiger partial charge in [0.15, 0.2) is 6.61 Å². The summed E-state index contributed by atoms with van der Waals surface area (Å²) in [5, 5.41) is 5.66. The summed E-state index contributed by atoms with van der Waals surface area (Å²) in [5.41, 5.74) is 0.772. The van der Waals surface area contributed by atoms with Crippen molar-refractivity contribution >= 4 is 17.5 Å². The van der Waals surface area contributed by atoms with Crippen molar-refractivity contribution in [3.05, 3.63) is 24.3 Å². The van der Waals surface area contributed by atoms with Crippen molar-refractivity contribution in [2.45, 2.75) is 13.0 Å². The molecule has 0 unspecified atom stereocenters. The molecule has 0 saturated carbocycles. The number of amides is 2. The lowest BCUT2D eigenvalue weighted by molar-refractivity contribution is -0.135. The molecule has 1 fully saturated rings. The minimum atomic E-state index is -0.345. The van der Waals surface area contributed by atoms with Crippen molar-refractivity contribution in [1.82, 2.24) is 10.2 Å². The monoisotopic (exact) mass is 321 g/mol. The Hall–Kier alpha value is -2.28. The molecule has 1 heterocycles. The molecule has 0 aromatic heterocycles. The summed E-state index contributed by atoms with van der Waals surface area (Å²) in [4.78, 5) is 25.4. The lowest BCUT2D eigenvalue weighted by Crippen LogP contribution is -2.46. The first-order chi connectivity index (χ1) is 11.1. The highest BCUT2D eigenvalue weighted by Crippen LogP contribution is 2.18. The number of carbonyl (C=O) groups is 2. The number of hydrogen-bond acceptors (Lipinski definition) is 5. The molecule has 2 rings (SSSR count). The molecular formula is C16H23N3O4. The van der Waals surface area contributed by atoms with Crippen molar-refractivity contribution in [2.75, 3.05) is 45.3 Å². The molecule has 7 heteroatoms. The molecule has 1 aromatic rings. The summed E-state index contributed by atoms with van der Waals surface area (Å²) in [6.07, 6.45) is 0. The second-order valence-corrected chi connectivity index (χ2v) is 5.29. The van der Waals surface area contributed by atoms with Crippen molar-refractivity contribution in [3.63, 3.8) is 0 Å². The molecule has 0 bridgehead atoms. The van der Waals surface area contributed by atoms with Gasteiger partial charge in [0, 0.05) is 31.9 Å². The molecule has 2 amide bonds. The third-order valence-corrected chi connectivity index (χ3v) is 3.56. The predicted molar refractivity (Wildman–Crippen MR) is 86.5 cm³/mol. The molecule has 1 saturated heterocycles. The maximum absolute atomic E-state index is 12.4. The number of likely N-dealkylation sites (N-methyl/N-ethyl adjacent to an activating group) is 1. The maximum Gasteiger partial charge on any atom is 0.257 e. The Kier molecular flexibility index (Phi) is 6.22. The summed E-state index contributed by atoms with van der Waals surface area (Å²) in [6.45, 7) is 4.21. The minimum absolute atomic E-state index is 0.0395. The number of hydrogen-bond donors (Lipinski definition) is 2. The van der Waals surface area contributed by atoms with Gasteiger partial charge < -0.3 is 25.0 Å². The number of carbonyl (C=O) groups excluding carboxylic acids is 2. The van der Waals surface area contributed by atoms with Crippen LogP contribution in [0.4, 0.5) is 5.69 Å². The third kappa shape index (κ3) is 5.14. The normalized spacial score (nSPS) is 15.7. The van der Waals surface area contributed by atoms with Crippen LogP contribution in [0, 0.1) is 0 Å². The van der Waals surface area contributed by atoms with E-state index in [0.29, 0.717) is 32.1 Å². The van der Waals surface area contributed by atoms with Gasteiger partial charge in [-0.25, -0.2) is 0 Å². The van der Waals surface area contributed by atoms with Crippen molar-refractivity contribution in [1.29, 1.82) is 0 Å². The van der Waals surface area contributed by atoms with Gasteiger partial charge in [0.2, 0.25) is 5.91 Å². The summed E-state index contributed by atoms with van der Waals surface area (Å²) in [7, 11) is 1.56. The number of nitrogens with one attached hydrogen (secondary N) is 2. The second kappa shape index (κ2) is 8.38. The Morgan fingerprint density at radius 1 is 1.35 bits per heavy atom. The number of ether oxygens (including phenoxy) is 2. The lowest BCUT2D eigenvalue weighted by atomic mass is 10.2. The molecule has 2 N–H and O–H groups in total. The van der Waals surface area contributed by atoms with Crippen LogP contribution in [0.15, 0.2) is 24.3 Å². The van der Waals surface area contributed by atoms with E-state index in [2.05, 4.69) is 10.6 Å². The Balaban J connectivity index is 1.91. The predicted octanol–water partition coefficient (Wildman–Crippen LogP) is 0.471. The zero-order valence-electron chi connectivity index (χ0n) is 13.5. The van der Waals surface area contributed by atoms with Gasteiger partial charge in [-0.05, 0) is 19.1 Å². The number of morpholine rings is 1. The molecule has 0 radical (unpaired) electrons. The van der Waals surface area contributed by atoms with Gasteiger partial charge in [-0.15, -0.1) is 0 Å². The quantitative estimate of drug-likeness (QED) is 0.796. The fraction of sp³-hybridized carbons (Fsp3) is 0.500. The van der Waals surface area contributed by atoms with Crippen molar-refractivity contribution < 1.29 is 19.1 Å². The molecule has 0 spiro atoms. The van der Waals surface area contributed by atoms with E-state index in [4.69, 9.17) is 9.47 Å². The highest BCUT2D eigenvalue weighted by atomic mass is 16.5. The highest BCUT2D eigenvalue weighted by molar-refractivity contribution is 5.84. The van der Waals surface area contributed by atoms with Gasteiger partial charge in [0.1, 0.15) is 11.8 Å². The number of nitrogens with zero attached hydrogens (tertiary/aromatic N) is 1. The molecule has 1 aliphatic rings. The Morgan fingerprint density at radius 2 is 2.09 bits per heavy atom. The SMILES string of the molecule is CNC(=O)COc1cccc(N[C@H](C)C(=O)N2CCOCC2)c1. The third-order valence-electron chi connectivity index (χ3n) is 3.56. The van der Waals surface area contributed by atoms with Gasteiger partial charge in [0.05, 0.1) is 13.2 Å².